The molecule has 1 atom stereocenters. The fourth-order valence-corrected chi connectivity index (χ4v) is 10.4. The van der Waals surface area contributed by atoms with E-state index < -0.39 is 6.04 Å². The molecule has 38 heavy (non-hydrogen) atoms. The standard InChI is InChI=1S/C34H28NOPS/c1-21-16-23(3)33-27(18-21)28-19-22(2)17-24(4)34(28)35(33)25-14-15-32-30(20-25)36-29-12-8-9-13-31(29)37(32,38)26-10-6-5-7-11-26/h5-20H,1-4H3. The Hall–Kier alpha value is -3.65. The van der Waals surface area contributed by atoms with Crippen LogP contribution in [-0.2, 0) is 11.8 Å². The van der Waals surface area contributed by atoms with Crippen molar-refractivity contribution in [1.82, 2.24) is 4.57 Å². The molecule has 7 rings (SSSR count). The highest BCUT2D eigenvalue weighted by atomic mass is 32.4. The number of hydrogen-bond acceptors (Lipinski definition) is 2. The van der Waals surface area contributed by atoms with Crippen molar-refractivity contribution in [3.8, 4) is 17.2 Å². The molecule has 0 radical (unpaired) electrons. The van der Waals surface area contributed by atoms with Crippen molar-refractivity contribution < 1.29 is 4.74 Å². The van der Waals surface area contributed by atoms with Gasteiger partial charge in [-0.3, -0.25) is 0 Å². The van der Waals surface area contributed by atoms with Gasteiger partial charge < -0.3 is 9.30 Å². The zero-order chi connectivity index (χ0) is 26.2. The van der Waals surface area contributed by atoms with Gasteiger partial charge in [0.25, 0.3) is 0 Å². The van der Waals surface area contributed by atoms with Crippen LogP contribution in [0.5, 0.6) is 11.5 Å². The third kappa shape index (κ3) is 3.29. The first-order valence-corrected chi connectivity index (χ1v) is 15.8. The van der Waals surface area contributed by atoms with Crippen molar-refractivity contribution in [3.05, 3.63) is 119 Å². The molecule has 1 aliphatic rings. The molecule has 4 heteroatoms. The van der Waals surface area contributed by atoms with Crippen LogP contribution in [0.25, 0.3) is 27.5 Å². The van der Waals surface area contributed by atoms with Crippen LogP contribution >= 0.6 is 6.04 Å². The van der Waals surface area contributed by atoms with Crippen molar-refractivity contribution in [2.45, 2.75) is 27.7 Å². The Morgan fingerprint density at radius 2 is 1.18 bits per heavy atom. The summed E-state index contributed by atoms with van der Waals surface area (Å²) in [7, 11) is 0. The Morgan fingerprint density at radius 1 is 0.605 bits per heavy atom. The van der Waals surface area contributed by atoms with Crippen LogP contribution in [0.15, 0.2) is 97.1 Å². The lowest BCUT2D eigenvalue weighted by molar-refractivity contribution is 0.488. The average molecular weight is 530 g/mol. The molecule has 0 amide bonds. The lowest BCUT2D eigenvalue weighted by Crippen LogP contribution is -2.30. The maximum Gasteiger partial charge on any atom is 0.138 e. The number of rotatable bonds is 2. The fraction of sp³-hybridized carbons (Fsp3) is 0.118. The minimum Gasteiger partial charge on any atom is -0.456 e. The highest BCUT2D eigenvalue weighted by Gasteiger charge is 2.35. The van der Waals surface area contributed by atoms with Crippen molar-refractivity contribution in [1.29, 1.82) is 0 Å². The largest absolute Gasteiger partial charge is 0.456 e. The lowest BCUT2D eigenvalue weighted by Gasteiger charge is -2.32. The molecule has 1 unspecified atom stereocenters. The van der Waals surface area contributed by atoms with Gasteiger partial charge in [0.2, 0.25) is 0 Å². The van der Waals surface area contributed by atoms with Crippen molar-refractivity contribution >= 4 is 55.6 Å². The first kappa shape index (κ1) is 23.5. The molecule has 0 fully saturated rings. The van der Waals surface area contributed by atoms with Gasteiger partial charge in [-0.2, -0.15) is 0 Å². The molecule has 5 aromatic carbocycles. The third-order valence-electron chi connectivity index (χ3n) is 7.71. The number of aromatic nitrogens is 1. The maximum atomic E-state index is 6.62. The van der Waals surface area contributed by atoms with Crippen LogP contribution in [0.3, 0.4) is 0 Å². The average Bonchev–Trinajstić information content (AvgIpc) is 3.24. The first-order valence-electron chi connectivity index (χ1n) is 13.0. The van der Waals surface area contributed by atoms with Crippen LogP contribution in [0.2, 0.25) is 0 Å². The van der Waals surface area contributed by atoms with E-state index in [-0.39, 0.29) is 0 Å². The molecule has 2 nitrogen and oxygen atoms in total. The van der Waals surface area contributed by atoms with E-state index in [2.05, 4.69) is 123 Å². The molecule has 0 bridgehead atoms. The Kier molecular flexibility index (Phi) is 5.20. The molecule has 2 heterocycles. The van der Waals surface area contributed by atoms with Gasteiger partial charge in [0.05, 0.1) is 11.0 Å². The normalized spacial score (nSPS) is 16.3. The molecule has 0 aliphatic carbocycles. The van der Waals surface area contributed by atoms with Crippen LogP contribution in [0.1, 0.15) is 22.3 Å². The quantitative estimate of drug-likeness (QED) is 0.212. The first-order chi connectivity index (χ1) is 18.4. The minimum atomic E-state index is -2.27. The second-order valence-corrected chi connectivity index (χ2v) is 14.8. The fourth-order valence-electron chi connectivity index (χ4n) is 6.25. The van der Waals surface area contributed by atoms with Crippen LogP contribution < -0.4 is 20.7 Å². The van der Waals surface area contributed by atoms with E-state index in [1.165, 1.54) is 49.4 Å². The van der Waals surface area contributed by atoms with Crippen LogP contribution in [0, 0.1) is 27.7 Å². The summed E-state index contributed by atoms with van der Waals surface area (Å²) in [6, 6.07) is 32.4. The van der Waals surface area contributed by atoms with Gasteiger partial charge in [-0.25, -0.2) is 0 Å². The Morgan fingerprint density at radius 3 is 1.84 bits per heavy atom. The molecule has 0 saturated carbocycles. The van der Waals surface area contributed by atoms with Gasteiger partial charge in [-0.05, 0) is 80.5 Å². The van der Waals surface area contributed by atoms with Gasteiger partial charge in [-0.1, -0.05) is 77.5 Å². The molecule has 0 saturated heterocycles. The lowest BCUT2D eigenvalue weighted by atomic mass is 10.0. The molecule has 186 valence electrons. The number of fused-ring (bicyclic) bond motifs is 5. The monoisotopic (exact) mass is 529 g/mol. The van der Waals surface area contributed by atoms with E-state index in [0.29, 0.717) is 0 Å². The summed E-state index contributed by atoms with van der Waals surface area (Å²) in [6.07, 6.45) is 0. The summed E-state index contributed by atoms with van der Waals surface area (Å²) in [5.74, 6) is 1.73. The zero-order valence-electron chi connectivity index (χ0n) is 21.9. The molecular weight excluding hydrogens is 501 g/mol. The summed E-state index contributed by atoms with van der Waals surface area (Å²) in [5.41, 5.74) is 8.69. The van der Waals surface area contributed by atoms with E-state index in [0.717, 1.165) is 27.8 Å². The summed E-state index contributed by atoms with van der Waals surface area (Å²) < 4.78 is 9.02. The van der Waals surface area contributed by atoms with E-state index in [1.807, 2.05) is 6.07 Å². The van der Waals surface area contributed by atoms with Crippen LogP contribution in [0.4, 0.5) is 0 Å². The predicted molar refractivity (Wildman–Crippen MR) is 166 cm³/mol. The molecule has 1 aromatic heterocycles. The second-order valence-electron chi connectivity index (χ2n) is 10.5. The molecule has 1 aliphatic heterocycles. The Labute approximate surface area is 228 Å². The van der Waals surface area contributed by atoms with Crippen LogP contribution in [-0.4, -0.2) is 4.57 Å². The molecule has 6 aromatic rings. The topological polar surface area (TPSA) is 14.2 Å². The van der Waals surface area contributed by atoms with Gasteiger partial charge in [0.1, 0.15) is 11.5 Å². The second kappa shape index (κ2) is 8.43. The zero-order valence-corrected chi connectivity index (χ0v) is 23.7. The smallest absolute Gasteiger partial charge is 0.138 e. The van der Waals surface area contributed by atoms with Crippen molar-refractivity contribution in [3.63, 3.8) is 0 Å². The number of para-hydroxylation sites is 1. The summed E-state index contributed by atoms with van der Waals surface area (Å²) in [5, 5.41) is 6.01. The van der Waals surface area contributed by atoms with E-state index in [9.17, 15) is 0 Å². The number of aryl methyl sites for hydroxylation is 4. The Bertz CT molecular complexity index is 1900. The highest BCUT2D eigenvalue weighted by Crippen LogP contribution is 2.52. The minimum absolute atomic E-state index is 0.859. The Balaban J connectivity index is 1.55. The maximum absolute atomic E-state index is 6.62. The van der Waals surface area contributed by atoms with Crippen molar-refractivity contribution in [2.75, 3.05) is 0 Å². The molecule has 0 spiro atoms. The predicted octanol–water partition coefficient (Wildman–Crippen LogP) is 7.88. The molecule has 0 N–H and O–H groups in total. The van der Waals surface area contributed by atoms with E-state index in [1.54, 1.807) is 0 Å². The van der Waals surface area contributed by atoms with Gasteiger partial charge in [-0.15, -0.1) is 0 Å². The van der Waals surface area contributed by atoms with Gasteiger partial charge in [0, 0.05) is 39.2 Å². The number of hydrogen-bond donors (Lipinski definition) is 0. The number of nitrogens with zero attached hydrogens (tertiary/aromatic N) is 1. The highest BCUT2D eigenvalue weighted by molar-refractivity contribution is 8.25. The summed E-state index contributed by atoms with van der Waals surface area (Å²) in [6.45, 7) is 8.79. The van der Waals surface area contributed by atoms with E-state index in [4.69, 9.17) is 16.5 Å². The van der Waals surface area contributed by atoms with Gasteiger partial charge in [0.15, 0.2) is 0 Å². The van der Waals surface area contributed by atoms with Crippen molar-refractivity contribution in [2.24, 2.45) is 0 Å². The van der Waals surface area contributed by atoms with E-state index >= 15 is 0 Å². The summed E-state index contributed by atoms with van der Waals surface area (Å²) in [4.78, 5) is 0. The number of ether oxygens (including phenoxy) is 1. The third-order valence-corrected chi connectivity index (χ3v) is 12.6. The number of benzene rings is 5. The summed E-state index contributed by atoms with van der Waals surface area (Å²) >= 11 is 6.62. The molecular formula is C34H28NOPS. The SMILES string of the molecule is Cc1cc(C)c2c(c1)c1cc(C)cc(C)c1n2-c1ccc2c(c1)Oc1ccccc1P2(=S)c1ccccc1. The van der Waals surface area contributed by atoms with Gasteiger partial charge >= 0.3 is 0 Å².